The number of thioether (sulfide) groups is 1. The Kier molecular flexibility index (Phi) is 6.25. The molecule has 0 fully saturated rings. The molecule has 3 N–H and O–H groups in total. The van der Waals surface area contributed by atoms with E-state index in [9.17, 15) is 9.59 Å². The number of rotatable bonds is 6. The first kappa shape index (κ1) is 18.8. The average molecular weight is 356 g/mol. The second-order valence-corrected chi connectivity index (χ2v) is 7.38. The van der Waals surface area contributed by atoms with Crippen molar-refractivity contribution in [1.29, 1.82) is 0 Å². The van der Waals surface area contributed by atoms with Gasteiger partial charge in [-0.25, -0.2) is 4.68 Å². The number of amides is 2. The van der Waals surface area contributed by atoms with Crippen LogP contribution in [0.1, 0.15) is 32.0 Å². The number of aromatic nitrogens is 2. The van der Waals surface area contributed by atoms with Crippen molar-refractivity contribution < 1.29 is 19.4 Å². The Bertz CT molecular complexity index is 609. The summed E-state index contributed by atoms with van der Waals surface area (Å²) in [4.78, 5) is 24.1. The van der Waals surface area contributed by atoms with Gasteiger partial charge in [0, 0.05) is 23.6 Å². The van der Waals surface area contributed by atoms with E-state index in [0.717, 1.165) is 22.8 Å². The summed E-state index contributed by atoms with van der Waals surface area (Å²) in [7, 11) is 0. The minimum Gasteiger partial charge on any atom is -0.394 e. The van der Waals surface area contributed by atoms with Gasteiger partial charge in [-0.3, -0.25) is 9.59 Å². The van der Waals surface area contributed by atoms with Crippen molar-refractivity contribution in [3.05, 3.63) is 11.3 Å². The maximum atomic E-state index is 12.2. The first-order valence-electron chi connectivity index (χ1n) is 7.81. The predicted molar refractivity (Wildman–Crippen MR) is 91.8 cm³/mol. The number of hydrogen-bond acceptors (Lipinski definition) is 6. The van der Waals surface area contributed by atoms with Crippen LogP contribution in [0.3, 0.4) is 0 Å². The van der Waals surface area contributed by atoms with E-state index >= 15 is 0 Å². The highest BCUT2D eigenvalue weighted by atomic mass is 32.2. The molecule has 0 saturated carbocycles. The summed E-state index contributed by atoms with van der Waals surface area (Å²) < 4.78 is 6.80. The van der Waals surface area contributed by atoms with Crippen LogP contribution in [-0.2, 0) is 31.4 Å². The number of carbonyl (C=O) groups is 2. The molecule has 0 atom stereocenters. The first-order chi connectivity index (χ1) is 11.3. The van der Waals surface area contributed by atoms with E-state index in [-0.39, 0.29) is 31.9 Å². The van der Waals surface area contributed by atoms with Crippen LogP contribution in [0.4, 0.5) is 5.82 Å². The van der Waals surface area contributed by atoms with E-state index in [2.05, 4.69) is 15.7 Å². The number of fused-ring (bicyclic) bond motifs is 1. The highest BCUT2D eigenvalue weighted by molar-refractivity contribution is 7.98. The fraction of sp³-hybridized carbons (Fsp3) is 0.667. The van der Waals surface area contributed by atoms with Gasteiger partial charge in [0.1, 0.15) is 5.82 Å². The number of anilines is 1. The van der Waals surface area contributed by atoms with E-state index in [0.29, 0.717) is 5.82 Å². The zero-order chi connectivity index (χ0) is 17.7. The molecular weight excluding hydrogens is 332 g/mol. The maximum absolute atomic E-state index is 12.2. The minimum atomic E-state index is -0.720. The number of aliphatic hydroxyl groups is 1. The first-order valence-corrected chi connectivity index (χ1v) is 8.97. The number of nitrogens with zero attached hydrogens (tertiary/aromatic N) is 2. The lowest BCUT2D eigenvalue weighted by Crippen LogP contribution is -2.38. The van der Waals surface area contributed by atoms with Gasteiger partial charge < -0.3 is 20.5 Å². The number of nitrogens with one attached hydrogen (secondary N) is 2. The molecule has 1 aromatic heterocycles. The summed E-state index contributed by atoms with van der Waals surface area (Å²) in [5.74, 6) is 0.748. The third kappa shape index (κ3) is 4.49. The van der Waals surface area contributed by atoms with E-state index < -0.39 is 11.8 Å². The number of aliphatic hydroxyl groups excluding tert-OH is 1. The largest absolute Gasteiger partial charge is 0.394 e. The Morgan fingerprint density at radius 2 is 2.04 bits per heavy atom. The molecule has 134 valence electrons. The van der Waals surface area contributed by atoms with E-state index in [1.807, 2.05) is 20.8 Å². The van der Waals surface area contributed by atoms with Gasteiger partial charge in [0.15, 0.2) is 0 Å². The summed E-state index contributed by atoms with van der Waals surface area (Å²) in [6, 6.07) is 0. The van der Waals surface area contributed by atoms with Crippen LogP contribution in [0.25, 0.3) is 0 Å². The van der Waals surface area contributed by atoms with Crippen molar-refractivity contribution >= 4 is 29.4 Å². The van der Waals surface area contributed by atoms with Crippen molar-refractivity contribution in [1.82, 2.24) is 15.1 Å². The molecule has 0 saturated heterocycles. The third-order valence-electron chi connectivity index (χ3n) is 3.39. The lowest BCUT2D eigenvalue weighted by Gasteiger charge is -2.23. The van der Waals surface area contributed by atoms with Gasteiger partial charge in [-0.05, 0) is 20.8 Å². The predicted octanol–water partition coefficient (Wildman–Crippen LogP) is 0.448. The van der Waals surface area contributed by atoms with Gasteiger partial charge in [-0.15, -0.1) is 0 Å². The highest BCUT2D eigenvalue weighted by Gasteiger charge is 2.29. The van der Waals surface area contributed by atoms with E-state index in [1.165, 1.54) is 0 Å². The Morgan fingerprint density at radius 3 is 2.71 bits per heavy atom. The van der Waals surface area contributed by atoms with Gasteiger partial charge >= 0.3 is 11.8 Å². The molecule has 9 heteroatoms. The monoisotopic (exact) mass is 356 g/mol. The molecule has 24 heavy (non-hydrogen) atoms. The Hall–Kier alpha value is -1.58. The third-order valence-corrected chi connectivity index (χ3v) is 4.36. The Morgan fingerprint density at radius 1 is 1.29 bits per heavy atom. The second-order valence-electron chi connectivity index (χ2n) is 6.40. The molecule has 1 aromatic rings. The average Bonchev–Trinajstić information content (AvgIpc) is 3.08. The van der Waals surface area contributed by atoms with Crippen molar-refractivity contribution in [2.75, 3.05) is 31.7 Å². The molecule has 0 bridgehead atoms. The van der Waals surface area contributed by atoms with Crippen molar-refractivity contribution in [2.45, 2.75) is 37.8 Å². The molecule has 1 aliphatic heterocycles. The summed E-state index contributed by atoms with van der Waals surface area (Å²) >= 11 is 1.74. The minimum absolute atomic E-state index is 0.0751. The number of carbonyl (C=O) groups excluding carboxylic acids is 2. The molecule has 0 spiro atoms. The lowest BCUT2D eigenvalue weighted by molar-refractivity contribution is -0.136. The standard InChI is InChI=1S/C15H24N4O4S/c1-15(2,3)19-12(10-8-24-9-11(10)18-19)17-14(22)13(21)16-4-6-23-7-5-20/h20H,4-9H2,1-3H3,(H,16,21)(H,17,22). The molecular formula is C15H24N4O4S. The number of hydrogen-bond donors (Lipinski definition) is 3. The van der Waals surface area contributed by atoms with Crippen LogP contribution in [0.2, 0.25) is 0 Å². The van der Waals surface area contributed by atoms with Crippen LogP contribution in [0.5, 0.6) is 0 Å². The van der Waals surface area contributed by atoms with Crippen LogP contribution < -0.4 is 10.6 Å². The molecule has 2 heterocycles. The Balaban J connectivity index is 2.00. The van der Waals surface area contributed by atoms with Gasteiger partial charge in [0.2, 0.25) is 0 Å². The molecule has 8 nitrogen and oxygen atoms in total. The van der Waals surface area contributed by atoms with E-state index in [1.54, 1.807) is 16.4 Å². The van der Waals surface area contributed by atoms with Gasteiger partial charge in [0.05, 0.1) is 31.1 Å². The zero-order valence-electron chi connectivity index (χ0n) is 14.2. The quantitative estimate of drug-likeness (QED) is 0.505. The maximum Gasteiger partial charge on any atom is 0.314 e. The summed E-state index contributed by atoms with van der Waals surface area (Å²) in [6.07, 6.45) is 0. The second kappa shape index (κ2) is 8.00. The van der Waals surface area contributed by atoms with Gasteiger partial charge in [-0.2, -0.15) is 16.9 Å². The van der Waals surface area contributed by atoms with Crippen LogP contribution in [0.15, 0.2) is 0 Å². The molecule has 0 unspecified atom stereocenters. The van der Waals surface area contributed by atoms with Crippen LogP contribution in [-0.4, -0.2) is 53.1 Å². The van der Waals surface area contributed by atoms with E-state index in [4.69, 9.17) is 9.84 Å². The lowest BCUT2D eigenvalue weighted by atomic mass is 10.1. The fourth-order valence-electron chi connectivity index (χ4n) is 2.27. The van der Waals surface area contributed by atoms with Gasteiger partial charge in [0.25, 0.3) is 0 Å². The molecule has 0 aromatic carbocycles. The SMILES string of the molecule is CC(C)(C)n1nc2c(c1NC(=O)C(=O)NCCOCCO)CSC2. The topological polar surface area (TPSA) is 105 Å². The molecule has 1 aliphatic rings. The van der Waals surface area contributed by atoms with Crippen molar-refractivity contribution in [2.24, 2.45) is 0 Å². The van der Waals surface area contributed by atoms with Crippen molar-refractivity contribution in [3.63, 3.8) is 0 Å². The Labute approximate surface area is 145 Å². The fourth-order valence-corrected chi connectivity index (χ4v) is 3.31. The van der Waals surface area contributed by atoms with Crippen LogP contribution in [0, 0.1) is 0 Å². The van der Waals surface area contributed by atoms with Crippen LogP contribution >= 0.6 is 11.8 Å². The van der Waals surface area contributed by atoms with Crippen molar-refractivity contribution in [3.8, 4) is 0 Å². The molecule has 2 rings (SSSR count). The zero-order valence-corrected chi connectivity index (χ0v) is 15.0. The van der Waals surface area contributed by atoms with Gasteiger partial charge in [-0.1, -0.05) is 0 Å². The molecule has 2 amide bonds. The normalized spacial score (nSPS) is 13.7. The molecule has 0 radical (unpaired) electrons. The summed E-state index contributed by atoms with van der Waals surface area (Å²) in [5, 5.41) is 18.4. The summed E-state index contributed by atoms with van der Waals surface area (Å²) in [5.41, 5.74) is 1.65. The smallest absolute Gasteiger partial charge is 0.314 e. The highest BCUT2D eigenvalue weighted by Crippen LogP contribution is 2.37. The molecule has 0 aliphatic carbocycles. The summed E-state index contributed by atoms with van der Waals surface area (Å²) in [6.45, 7) is 6.57. The number of ether oxygens (including phenoxy) is 1.